The average Bonchev–Trinajstić information content (AvgIpc) is 2.54. The van der Waals surface area contributed by atoms with Gasteiger partial charge in [-0.25, -0.2) is 0 Å². The van der Waals surface area contributed by atoms with Crippen molar-refractivity contribution in [2.24, 2.45) is 0 Å². The summed E-state index contributed by atoms with van der Waals surface area (Å²) in [6.45, 7) is 4.95. The predicted octanol–water partition coefficient (Wildman–Crippen LogP) is 4.21. The van der Waals surface area contributed by atoms with E-state index in [0.29, 0.717) is 18.3 Å². The van der Waals surface area contributed by atoms with Gasteiger partial charge in [-0.1, -0.05) is 18.2 Å². The zero-order valence-electron chi connectivity index (χ0n) is 13.6. The van der Waals surface area contributed by atoms with E-state index in [2.05, 4.69) is 26.0 Å². The number of phenols is 1. The first-order valence-corrected chi connectivity index (χ1v) is 8.27. The van der Waals surface area contributed by atoms with E-state index in [0.717, 1.165) is 30.8 Å². The van der Waals surface area contributed by atoms with Gasteiger partial charge in [-0.3, -0.25) is 0 Å². The fourth-order valence-corrected chi connectivity index (χ4v) is 3.57. The molecule has 2 heterocycles. The van der Waals surface area contributed by atoms with E-state index < -0.39 is 0 Å². The van der Waals surface area contributed by atoms with Crippen LogP contribution in [0.15, 0.2) is 36.4 Å². The van der Waals surface area contributed by atoms with Crippen molar-refractivity contribution in [2.45, 2.75) is 44.6 Å². The van der Waals surface area contributed by atoms with E-state index in [1.165, 1.54) is 16.7 Å². The Kier molecular flexibility index (Phi) is 3.26. The van der Waals surface area contributed by atoms with Crippen LogP contribution in [0, 0.1) is 0 Å². The molecule has 4 rings (SSSR count). The van der Waals surface area contributed by atoms with E-state index in [1.807, 2.05) is 12.1 Å². The third-order valence-electron chi connectivity index (χ3n) is 4.92. The summed E-state index contributed by atoms with van der Waals surface area (Å²) in [5, 5.41) is 9.44. The molecule has 0 fully saturated rings. The molecule has 23 heavy (non-hydrogen) atoms. The number of benzene rings is 2. The third-order valence-corrected chi connectivity index (χ3v) is 4.92. The summed E-state index contributed by atoms with van der Waals surface area (Å²) in [6, 6.07) is 11.7. The van der Waals surface area contributed by atoms with Gasteiger partial charge in [-0.15, -0.1) is 0 Å². The lowest BCUT2D eigenvalue weighted by Crippen LogP contribution is -2.33. The molecule has 0 saturated heterocycles. The smallest absolute Gasteiger partial charge is 0.129 e. The van der Waals surface area contributed by atoms with Gasteiger partial charge in [0.1, 0.15) is 22.8 Å². The summed E-state index contributed by atoms with van der Waals surface area (Å²) < 4.78 is 12.2. The highest BCUT2D eigenvalue weighted by Gasteiger charge is 2.32. The van der Waals surface area contributed by atoms with Gasteiger partial charge in [0.05, 0.1) is 6.61 Å². The van der Waals surface area contributed by atoms with Crippen LogP contribution in [0.4, 0.5) is 0 Å². The zero-order valence-corrected chi connectivity index (χ0v) is 13.6. The topological polar surface area (TPSA) is 38.7 Å². The minimum atomic E-state index is -0.0928. The summed E-state index contributed by atoms with van der Waals surface area (Å²) in [7, 11) is 0. The van der Waals surface area contributed by atoms with Crippen molar-refractivity contribution in [3.63, 3.8) is 0 Å². The number of hydrogen-bond acceptors (Lipinski definition) is 3. The Morgan fingerprint density at radius 2 is 1.87 bits per heavy atom. The summed E-state index contributed by atoms with van der Waals surface area (Å²) in [5.41, 5.74) is 3.61. The maximum absolute atomic E-state index is 9.44. The fraction of sp³-hybridized carbons (Fsp3) is 0.400. The Balaban J connectivity index is 1.63. The minimum absolute atomic E-state index is 0.0928. The summed E-state index contributed by atoms with van der Waals surface area (Å²) in [6.07, 6.45) is 2.99. The fourth-order valence-electron chi connectivity index (χ4n) is 3.57. The van der Waals surface area contributed by atoms with Gasteiger partial charge >= 0.3 is 0 Å². The van der Waals surface area contributed by atoms with Gasteiger partial charge in [0.25, 0.3) is 0 Å². The van der Waals surface area contributed by atoms with E-state index in [-0.39, 0.29) is 5.60 Å². The van der Waals surface area contributed by atoms with Crippen molar-refractivity contribution in [3.05, 3.63) is 53.1 Å². The van der Waals surface area contributed by atoms with Crippen LogP contribution in [0.5, 0.6) is 17.2 Å². The van der Waals surface area contributed by atoms with Crippen LogP contribution in [-0.4, -0.2) is 17.3 Å². The van der Waals surface area contributed by atoms with E-state index in [4.69, 9.17) is 9.47 Å². The van der Waals surface area contributed by atoms with Gasteiger partial charge in [0, 0.05) is 11.5 Å². The Morgan fingerprint density at radius 1 is 1.09 bits per heavy atom. The van der Waals surface area contributed by atoms with Crippen LogP contribution in [0.3, 0.4) is 0 Å². The van der Waals surface area contributed by atoms with Crippen LogP contribution in [0.2, 0.25) is 0 Å². The third kappa shape index (κ3) is 2.65. The van der Waals surface area contributed by atoms with Crippen LogP contribution in [0.25, 0.3) is 0 Å². The van der Waals surface area contributed by atoms with E-state index >= 15 is 0 Å². The normalized spacial score (nSPS) is 21.6. The first kappa shape index (κ1) is 14.4. The van der Waals surface area contributed by atoms with Gasteiger partial charge in [-0.2, -0.15) is 0 Å². The summed E-state index contributed by atoms with van der Waals surface area (Å²) in [4.78, 5) is 0. The van der Waals surface area contributed by atoms with Gasteiger partial charge in [0.15, 0.2) is 0 Å². The Hall–Kier alpha value is -2.16. The molecule has 0 bridgehead atoms. The standard InChI is InChI=1S/C20H22O3/c1-20(2)10-9-17-18(23-20)8-5-14-11-15(12-22-19(14)17)13-3-6-16(21)7-4-13/h3-8,15,21H,9-12H2,1-2H3. The Morgan fingerprint density at radius 3 is 2.65 bits per heavy atom. The largest absolute Gasteiger partial charge is 0.508 e. The zero-order chi connectivity index (χ0) is 16.0. The SMILES string of the molecule is CC1(C)CCc2c(ccc3c2OCC(c2ccc(O)cc2)C3)O1. The van der Waals surface area contributed by atoms with Crippen molar-refractivity contribution in [2.75, 3.05) is 6.61 Å². The van der Waals surface area contributed by atoms with Crippen molar-refractivity contribution in [3.8, 4) is 17.2 Å². The maximum atomic E-state index is 9.44. The first-order valence-electron chi connectivity index (χ1n) is 8.27. The number of hydrogen-bond donors (Lipinski definition) is 1. The number of rotatable bonds is 1. The predicted molar refractivity (Wildman–Crippen MR) is 89.5 cm³/mol. The second-order valence-corrected chi connectivity index (χ2v) is 7.20. The van der Waals surface area contributed by atoms with Crippen molar-refractivity contribution in [1.82, 2.24) is 0 Å². The monoisotopic (exact) mass is 310 g/mol. The molecule has 3 heteroatoms. The highest BCUT2D eigenvalue weighted by atomic mass is 16.5. The molecule has 0 aromatic heterocycles. The van der Waals surface area contributed by atoms with Gasteiger partial charge in [0.2, 0.25) is 0 Å². The molecule has 1 unspecified atom stereocenters. The molecule has 120 valence electrons. The molecule has 0 radical (unpaired) electrons. The van der Waals surface area contributed by atoms with Gasteiger partial charge in [-0.05, 0) is 62.4 Å². The molecular formula is C20H22O3. The molecule has 2 aromatic rings. The van der Waals surface area contributed by atoms with Crippen molar-refractivity contribution < 1.29 is 14.6 Å². The number of phenolic OH excluding ortho intramolecular Hbond substituents is 1. The van der Waals surface area contributed by atoms with E-state index in [9.17, 15) is 5.11 Å². The van der Waals surface area contributed by atoms with Gasteiger partial charge < -0.3 is 14.6 Å². The van der Waals surface area contributed by atoms with Crippen LogP contribution >= 0.6 is 0 Å². The number of ether oxygens (including phenoxy) is 2. The number of aromatic hydroxyl groups is 1. The lowest BCUT2D eigenvalue weighted by Gasteiger charge is -2.35. The first-order chi connectivity index (χ1) is 11.0. The van der Waals surface area contributed by atoms with Crippen molar-refractivity contribution in [1.29, 1.82) is 0 Å². The minimum Gasteiger partial charge on any atom is -0.508 e. The average molecular weight is 310 g/mol. The lowest BCUT2D eigenvalue weighted by atomic mass is 9.86. The Bertz CT molecular complexity index is 731. The molecule has 2 aliphatic heterocycles. The highest BCUT2D eigenvalue weighted by Crippen LogP contribution is 2.43. The van der Waals surface area contributed by atoms with Crippen molar-refractivity contribution >= 4 is 0 Å². The quantitative estimate of drug-likeness (QED) is 0.857. The molecule has 1 N–H and O–H groups in total. The molecule has 0 amide bonds. The molecule has 1 atom stereocenters. The Labute approximate surface area is 136 Å². The molecule has 0 spiro atoms. The molecule has 3 nitrogen and oxygen atoms in total. The van der Waals surface area contributed by atoms with E-state index in [1.54, 1.807) is 12.1 Å². The summed E-state index contributed by atoms with van der Waals surface area (Å²) >= 11 is 0. The molecular weight excluding hydrogens is 288 g/mol. The van der Waals surface area contributed by atoms with Crippen LogP contribution in [0.1, 0.15) is 42.9 Å². The molecule has 0 aliphatic carbocycles. The molecule has 2 aliphatic rings. The highest BCUT2D eigenvalue weighted by molar-refractivity contribution is 5.53. The summed E-state index contributed by atoms with van der Waals surface area (Å²) in [5.74, 6) is 2.65. The maximum Gasteiger partial charge on any atom is 0.129 e. The molecule has 2 aromatic carbocycles. The van der Waals surface area contributed by atoms with Crippen LogP contribution < -0.4 is 9.47 Å². The van der Waals surface area contributed by atoms with Crippen LogP contribution in [-0.2, 0) is 12.8 Å². The second-order valence-electron chi connectivity index (χ2n) is 7.20. The molecule has 0 saturated carbocycles. The second kappa shape index (κ2) is 5.19. The lowest BCUT2D eigenvalue weighted by molar-refractivity contribution is 0.0827. The number of fused-ring (bicyclic) bond motifs is 3.